The van der Waals surface area contributed by atoms with Gasteiger partial charge >= 0.3 is 0 Å². The smallest absolute Gasteiger partial charge is 0.276 e. The zero-order chi connectivity index (χ0) is 17.2. The Bertz CT molecular complexity index is 753. The summed E-state index contributed by atoms with van der Waals surface area (Å²) >= 11 is 0. The van der Waals surface area contributed by atoms with E-state index in [0.29, 0.717) is 30.4 Å². The number of aromatic nitrogens is 3. The van der Waals surface area contributed by atoms with Crippen molar-refractivity contribution in [2.45, 2.75) is 50.5 Å². The molecule has 132 valence electrons. The Morgan fingerprint density at radius 2 is 1.92 bits per heavy atom. The lowest BCUT2D eigenvalue weighted by Gasteiger charge is -2.21. The molecule has 1 aromatic carbocycles. The molecule has 1 aromatic heterocycles. The van der Waals surface area contributed by atoms with Crippen molar-refractivity contribution in [3.63, 3.8) is 0 Å². The van der Waals surface area contributed by atoms with Crippen LogP contribution in [0, 0.1) is 5.82 Å². The number of likely N-dealkylation sites (tertiary alicyclic amines) is 1. The zero-order valence-electron chi connectivity index (χ0n) is 14.3. The molecule has 4 rings (SSSR count). The molecule has 25 heavy (non-hydrogen) atoms. The van der Waals surface area contributed by atoms with Gasteiger partial charge in [0, 0.05) is 19.0 Å². The number of amides is 1. The van der Waals surface area contributed by atoms with Crippen LogP contribution < -0.4 is 0 Å². The minimum Gasteiger partial charge on any atom is -0.337 e. The Morgan fingerprint density at radius 3 is 2.72 bits per heavy atom. The summed E-state index contributed by atoms with van der Waals surface area (Å²) in [7, 11) is 0. The van der Waals surface area contributed by atoms with E-state index in [-0.39, 0.29) is 17.6 Å². The van der Waals surface area contributed by atoms with Gasteiger partial charge in [-0.1, -0.05) is 42.7 Å². The van der Waals surface area contributed by atoms with E-state index < -0.39 is 0 Å². The number of rotatable bonds is 3. The lowest BCUT2D eigenvalue weighted by molar-refractivity contribution is 0.0784. The van der Waals surface area contributed by atoms with Crippen LogP contribution in [0.3, 0.4) is 0 Å². The second-order valence-corrected chi connectivity index (χ2v) is 7.13. The van der Waals surface area contributed by atoms with Crippen molar-refractivity contribution in [2.24, 2.45) is 0 Å². The molecule has 1 saturated heterocycles. The van der Waals surface area contributed by atoms with E-state index in [2.05, 4.69) is 10.3 Å². The number of hydrogen-bond acceptors (Lipinski definition) is 3. The lowest BCUT2D eigenvalue weighted by Crippen LogP contribution is -2.28. The number of carbonyl (C=O) groups excluding carboxylic acids is 1. The molecule has 2 aliphatic rings. The molecule has 2 aromatic rings. The maximum atomic E-state index is 14.0. The fourth-order valence-corrected chi connectivity index (χ4v) is 4.07. The molecule has 1 aliphatic heterocycles. The van der Waals surface area contributed by atoms with E-state index in [1.165, 1.54) is 25.3 Å². The van der Waals surface area contributed by atoms with E-state index in [9.17, 15) is 9.18 Å². The molecule has 2 heterocycles. The van der Waals surface area contributed by atoms with Crippen molar-refractivity contribution in [3.8, 4) is 0 Å². The van der Waals surface area contributed by atoms with Gasteiger partial charge in [0.15, 0.2) is 5.69 Å². The predicted octanol–water partition coefficient (Wildman–Crippen LogP) is 3.55. The third-order valence-corrected chi connectivity index (χ3v) is 5.50. The minimum absolute atomic E-state index is 0.0542. The first kappa shape index (κ1) is 16.2. The van der Waals surface area contributed by atoms with Gasteiger partial charge in [-0.25, -0.2) is 9.07 Å². The van der Waals surface area contributed by atoms with E-state index in [4.69, 9.17) is 0 Å². The fourth-order valence-electron chi connectivity index (χ4n) is 4.07. The molecule has 1 saturated carbocycles. The van der Waals surface area contributed by atoms with Crippen LogP contribution in [-0.4, -0.2) is 38.9 Å². The predicted molar refractivity (Wildman–Crippen MR) is 91.8 cm³/mol. The number of benzene rings is 1. The molecule has 0 N–H and O–H groups in total. The van der Waals surface area contributed by atoms with Gasteiger partial charge in [0.25, 0.3) is 5.91 Å². The summed E-state index contributed by atoms with van der Waals surface area (Å²) in [4.78, 5) is 14.5. The summed E-state index contributed by atoms with van der Waals surface area (Å²) in [5, 5.41) is 8.28. The summed E-state index contributed by atoms with van der Waals surface area (Å²) in [6, 6.07) is 7.20. The van der Waals surface area contributed by atoms with Crippen LogP contribution in [0.2, 0.25) is 0 Å². The van der Waals surface area contributed by atoms with Crippen molar-refractivity contribution in [3.05, 3.63) is 47.5 Å². The SMILES string of the molecule is O=C(c1cn(C2CCCCC2)nn1)N1CC[C@H](c2ccccc2F)C1. The summed E-state index contributed by atoms with van der Waals surface area (Å²) in [5.74, 6) is -0.232. The maximum absolute atomic E-state index is 14.0. The van der Waals surface area contributed by atoms with Gasteiger partial charge in [0.05, 0.1) is 12.2 Å². The monoisotopic (exact) mass is 342 g/mol. The molecule has 1 aliphatic carbocycles. The third kappa shape index (κ3) is 3.30. The number of carbonyl (C=O) groups is 1. The Morgan fingerprint density at radius 1 is 1.12 bits per heavy atom. The lowest BCUT2D eigenvalue weighted by atomic mass is 9.96. The first-order valence-electron chi connectivity index (χ1n) is 9.18. The van der Waals surface area contributed by atoms with Gasteiger partial charge in [-0.2, -0.15) is 0 Å². The summed E-state index contributed by atoms with van der Waals surface area (Å²) in [6.07, 6.45) is 8.49. The molecule has 0 radical (unpaired) electrons. The standard InChI is InChI=1S/C19H23FN4O/c20-17-9-5-4-8-16(17)14-10-11-23(12-14)19(25)18-13-24(22-21-18)15-6-2-1-3-7-15/h4-5,8-9,13-15H,1-3,6-7,10-12H2/t14-/m0/s1. The first-order valence-corrected chi connectivity index (χ1v) is 9.18. The highest BCUT2D eigenvalue weighted by Gasteiger charge is 2.31. The average Bonchev–Trinajstić information content (AvgIpc) is 3.32. The van der Waals surface area contributed by atoms with Crippen LogP contribution in [0.1, 0.15) is 66.5 Å². The van der Waals surface area contributed by atoms with Crippen LogP contribution in [0.4, 0.5) is 4.39 Å². The van der Waals surface area contributed by atoms with Gasteiger partial charge in [0.1, 0.15) is 5.82 Å². The zero-order valence-corrected chi connectivity index (χ0v) is 14.3. The van der Waals surface area contributed by atoms with Crippen LogP contribution in [-0.2, 0) is 0 Å². The highest BCUT2D eigenvalue weighted by atomic mass is 19.1. The Balaban J connectivity index is 1.43. The second-order valence-electron chi connectivity index (χ2n) is 7.13. The van der Waals surface area contributed by atoms with E-state index in [0.717, 1.165) is 19.3 Å². The molecule has 0 spiro atoms. The minimum atomic E-state index is -0.190. The molecule has 1 amide bonds. The molecule has 6 heteroatoms. The fraction of sp³-hybridized carbons (Fsp3) is 0.526. The number of nitrogens with zero attached hydrogens (tertiary/aromatic N) is 4. The van der Waals surface area contributed by atoms with Crippen LogP contribution in [0.5, 0.6) is 0 Å². The molecule has 0 unspecified atom stereocenters. The molecule has 1 atom stereocenters. The molecule has 2 fully saturated rings. The van der Waals surface area contributed by atoms with Crippen LogP contribution >= 0.6 is 0 Å². The maximum Gasteiger partial charge on any atom is 0.276 e. The summed E-state index contributed by atoms with van der Waals surface area (Å²) in [5.41, 5.74) is 1.10. The number of hydrogen-bond donors (Lipinski definition) is 0. The summed E-state index contributed by atoms with van der Waals surface area (Å²) in [6.45, 7) is 1.17. The van der Waals surface area contributed by atoms with Crippen LogP contribution in [0.25, 0.3) is 0 Å². The third-order valence-electron chi connectivity index (χ3n) is 5.50. The quantitative estimate of drug-likeness (QED) is 0.857. The van der Waals surface area contributed by atoms with Crippen molar-refractivity contribution in [1.29, 1.82) is 0 Å². The van der Waals surface area contributed by atoms with Gasteiger partial charge in [-0.05, 0) is 30.9 Å². The Kier molecular flexibility index (Phi) is 4.51. The van der Waals surface area contributed by atoms with E-state index >= 15 is 0 Å². The number of halogens is 1. The molecule has 0 bridgehead atoms. The van der Waals surface area contributed by atoms with Gasteiger partial charge < -0.3 is 4.90 Å². The van der Waals surface area contributed by atoms with Crippen molar-refractivity contribution < 1.29 is 9.18 Å². The summed E-state index contributed by atoms with van der Waals surface area (Å²) < 4.78 is 15.8. The molecular formula is C19H23FN4O. The van der Waals surface area contributed by atoms with Crippen molar-refractivity contribution in [1.82, 2.24) is 19.9 Å². The van der Waals surface area contributed by atoms with Crippen LogP contribution in [0.15, 0.2) is 30.5 Å². The molecule has 5 nitrogen and oxygen atoms in total. The normalized spacial score (nSPS) is 21.6. The van der Waals surface area contributed by atoms with Crippen molar-refractivity contribution in [2.75, 3.05) is 13.1 Å². The van der Waals surface area contributed by atoms with Gasteiger partial charge in [0.2, 0.25) is 0 Å². The van der Waals surface area contributed by atoms with E-state index in [1.807, 2.05) is 16.8 Å². The highest BCUT2D eigenvalue weighted by Crippen LogP contribution is 2.30. The average molecular weight is 342 g/mol. The van der Waals surface area contributed by atoms with Crippen molar-refractivity contribution >= 4 is 5.91 Å². The Hall–Kier alpha value is -2.24. The Labute approximate surface area is 146 Å². The van der Waals surface area contributed by atoms with E-state index in [1.54, 1.807) is 17.2 Å². The first-order chi connectivity index (χ1) is 12.2. The largest absolute Gasteiger partial charge is 0.337 e. The van der Waals surface area contributed by atoms with Gasteiger partial charge in [-0.15, -0.1) is 5.10 Å². The second kappa shape index (κ2) is 6.94. The topological polar surface area (TPSA) is 51.0 Å². The highest BCUT2D eigenvalue weighted by molar-refractivity contribution is 5.92. The van der Waals surface area contributed by atoms with Gasteiger partial charge in [-0.3, -0.25) is 4.79 Å². The molecular weight excluding hydrogens is 319 g/mol.